The lowest BCUT2D eigenvalue weighted by molar-refractivity contribution is 0.276. The lowest BCUT2D eigenvalue weighted by Gasteiger charge is -2.43. The van der Waals surface area contributed by atoms with Crippen molar-refractivity contribution in [2.24, 2.45) is 0 Å². The number of hydrogen-bond donors (Lipinski definition) is 0. The molecule has 4 rings (SSSR count). The average Bonchev–Trinajstić information content (AvgIpc) is 3.55. The standard InChI is InChI=1S/C25H28BrNO2Si/c1-25(2,3)30(21-10-6-4-7-11-21,22-12-8-5-9-13-22)28-18-19-16-24(27-17-23(19)26)29-20-14-15-20/h4-13,16-17,20H,14-15,18H2,1-3H3. The van der Waals surface area contributed by atoms with E-state index in [9.17, 15) is 0 Å². The van der Waals surface area contributed by atoms with E-state index in [1.807, 2.05) is 12.3 Å². The van der Waals surface area contributed by atoms with Gasteiger partial charge in [0.1, 0.15) is 6.10 Å². The third kappa shape index (κ3) is 4.38. The Labute approximate surface area is 188 Å². The molecule has 156 valence electrons. The average molecular weight is 482 g/mol. The molecule has 0 N–H and O–H groups in total. The van der Waals surface area contributed by atoms with E-state index in [0.29, 0.717) is 18.6 Å². The molecule has 0 amide bonds. The second-order valence-corrected chi connectivity index (χ2v) is 14.0. The van der Waals surface area contributed by atoms with Crippen LogP contribution in [0.25, 0.3) is 0 Å². The zero-order valence-corrected chi connectivity index (χ0v) is 20.4. The zero-order chi connectivity index (χ0) is 21.2. The summed E-state index contributed by atoms with van der Waals surface area (Å²) >= 11 is 3.66. The van der Waals surface area contributed by atoms with Crippen LogP contribution in [-0.4, -0.2) is 19.4 Å². The molecule has 0 aliphatic heterocycles. The van der Waals surface area contributed by atoms with Crippen LogP contribution in [-0.2, 0) is 11.0 Å². The summed E-state index contributed by atoms with van der Waals surface area (Å²) < 4.78 is 13.9. The van der Waals surface area contributed by atoms with Gasteiger partial charge in [0.2, 0.25) is 5.88 Å². The molecule has 3 nitrogen and oxygen atoms in total. The molecular formula is C25H28BrNO2Si. The Morgan fingerprint density at radius 2 is 1.53 bits per heavy atom. The van der Waals surface area contributed by atoms with Gasteiger partial charge in [-0.3, -0.25) is 0 Å². The van der Waals surface area contributed by atoms with E-state index >= 15 is 0 Å². The van der Waals surface area contributed by atoms with Crippen LogP contribution in [0.5, 0.6) is 5.88 Å². The lowest BCUT2D eigenvalue weighted by atomic mass is 10.2. The summed E-state index contributed by atoms with van der Waals surface area (Å²) in [5, 5.41) is 2.51. The van der Waals surface area contributed by atoms with Crippen LogP contribution in [0.3, 0.4) is 0 Å². The summed E-state index contributed by atoms with van der Waals surface area (Å²) in [5.41, 5.74) is 1.06. The molecule has 1 heterocycles. The summed E-state index contributed by atoms with van der Waals surface area (Å²) in [6.45, 7) is 7.38. The first-order valence-electron chi connectivity index (χ1n) is 10.5. The van der Waals surface area contributed by atoms with Crippen LogP contribution >= 0.6 is 15.9 Å². The second kappa shape index (κ2) is 8.65. The summed E-state index contributed by atoms with van der Waals surface area (Å²) in [7, 11) is -2.57. The van der Waals surface area contributed by atoms with Gasteiger partial charge in [-0.25, -0.2) is 4.98 Å². The Morgan fingerprint density at radius 3 is 2.03 bits per heavy atom. The number of rotatable bonds is 7. The minimum atomic E-state index is -2.57. The number of ether oxygens (including phenoxy) is 1. The van der Waals surface area contributed by atoms with Gasteiger partial charge in [-0.05, 0) is 49.7 Å². The number of pyridine rings is 1. The van der Waals surface area contributed by atoms with E-state index in [1.165, 1.54) is 10.4 Å². The first kappa shape index (κ1) is 21.3. The first-order valence-corrected chi connectivity index (χ1v) is 13.2. The van der Waals surface area contributed by atoms with Gasteiger partial charge >= 0.3 is 0 Å². The van der Waals surface area contributed by atoms with E-state index in [1.54, 1.807) is 0 Å². The smallest absolute Gasteiger partial charge is 0.261 e. The van der Waals surface area contributed by atoms with Crippen molar-refractivity contribution in [1.29, 1.82) is 0 Å². The van der Waals surface area contributed by atoms with Crippen LogP contribution in [0.1, 0.15) is 39.2 Å². The fourth-order valence-electron chi connectivity index (χ4n) is 3.94. The van der Waals surface area contributed by atoms with Gasteiger partial charge in [0, 0.05) is 16.7 Å². The molecule has 0 spiro atoms. The molecule has 1 aliphatic carbocycles. The Kier molecular flexibility index (Phi) is 6.14. The highest BCUT2D eigenvalue weighted by atomic mass is 79.9. The quantitative estimate of drug-likeness (QED) is 0.419. The van der Waals surface area contributed by atoms with Crippen LogP contribution in [0.15, 0.2) is 77.4 Å². The molecule has 5 heteroatoms. The van der Waals surface area contributed by atoms with Gasteiger partial charge in [-0.15, -0.1) is 0 Å². The normalized spacial score (nSPS) is 14.5. The fourth-order valence-corrected chi connectivity index (χ4v) is 8.80. The van der Waals surface area contributed by atoms with Gasteiger partial charge in [0.05, 0.1) is 6.61 Å². The highest BCUT2D eigenvalue weighted by Crippen LogP contribution is 2.38. The molecule has 3 aromatic rings. The topological polar surface area (TPSA) is 31.4 Å². The van der Waals surface area contributed by atoms with Crippen molar-refractivity contribution in [3.8, 4) is 5.88 Å². The molecule has 0 bridgehead atoms. The van der Waals surface area contributed by atoms with E-state index < -0.39 is 8.32 Å². The maximum atomic E-state index is 7.03. The van der Waals surface area contributed by atoms with Crippen molar-refractivity contribution in [2.45, 2.75) is 51.4 Å². The van der Waals surface area contributed by atoms with Gasteiger partial charge in [0.25, 0.3) is 8.32 Å². The molecule has 1 fully saturated rings. The zero-order valence-electron chi connectivity index (χ0n) is 17.8. The van der Waals surface area contributed by atoms with E-state index in [0.717, 1.165) is 22.9 Å². The van der Waals surface area contributed by atoms with Crippen molar-refractivity contribution in [2.75, 3.05) is 0 Å². The number of benzene rings is 2. The van der Waals surface area contributed by atoms with Crippen molar-refractivity contribution >= 4 is 34.6 Å². The molecule has 0 radical (unpaired) electrons. The highest BCUT2D eigenvalue weighted by molar-refractivity contribution is 9.10. The first-order chi connectivity index (χ1) is 14.4. The minimum Gasteiger partial charge on any atom is -0.474 e. The maximum absolute atomic E-state index is 7.03. The lowest BCUT2D eigenvalue weighted by Crippen LogP contribution is -2.66. The predicted octanol–water partition coefficient (Wildman–Crippen LogP) is 5.46. The minimum absolute atomic E-state index is 0.0530. The summed E-state index contributed by atoms with van der Waals surface area (Å²) in [6.07, 6.45) is 4.38. The van der Waals surface area contributed by atoms with E-state index in [4.69, 9.17) is 9.16 Å². The number of halogens is 1. The molecule has 1 aromatic heterocycles. The fraction of sp³-hybridized carbons (Fsp3) is 0.320. The SMILES string of the molecule is CC(C)(C)[Si](OCc1cc(OC2CC2)ncc1Br)(c1ccccc1)c1ccccc1. The van der Waals surface area contributed by atoms with Crippen molar-refractivity contribution < 1.29 is 9.16 Å². The highest BCUT2D eigenvalue weighted by Gasteiger charge is 2.50. The molecular weight excluding hydrogens is 454 g/mol. The van der Waals surface area contributed by atoms with Gasteiger partial charge in [-0.2, -0.15) is 0 Å². The predicted molar refractivity (Wildman–Crippen MR) is 128 cm³/mol. The summed E-state index contributed by atoms with van der Waals surface area (Å²) in [6, 6.07) is 23.5. The molecule has 1 aliphatic rings. The van der Waals surface area contributed by atoms with Gasteiger partial charge in [-0.1, -0.05) is 81.4 Å². The van der Waals surface area contributed by atoms with Crippen molar-refractivity contribution in [1.82, 2.24) is 4.98 Å². The molecule has 1 saturated carbocycles. The van der Waals surface area contributed by atoms with Gasteiger partial charge in [0.15, 0.2) is 0 Å². The van der Waals surface area contributed by atoms with Crippen molar-refractivity contribution in [3.05, 3.63) is 83.0 Å². The second-order valence-electron chi connectivity index (χ2n) is 8.88. The Hall–Kier alpha value is -1.95. The Morgan fingerprint density at radius 1 is 0.967 bits per heavy atom. The van der Waals surface area contributed by atoms with E-state index in [-0.39, 0.29) is 5.04 Å². The van der Waals surface area contributed by atoms with Crippen LogP contribution in [0, 0.1) is 0 Å². The molecule has 0 unspecified atom stereocenters. The van der Waals surface area contributed by atoms with E-state index in [2.05, 4.69) is 102 Å². The Bertz CT molecular complexity index is 946. The molecule has 0 saturated heterocycles. The maximum Gasteiger partial charge on any atom is 0.261 e. The number of aromatic nitrogens is 1. The third-order valence-electron chi connectivity index (χ3n) is 5.58. The van der Waals surface area contributed by atoms with Crippen molar-refractivity contribution in [3.63, 3.8) is 0 Å². The van der Waals surface area contributed by atoms with Crippen LogP contribution in [0.2, 0.25) is 5.04 Å². The number of nitrogens with zero attached hydrogens (tertiary/aromatic N) is 1. The third-order valence-corrected chi connectivity index (χ3v) is 11.3. The van der Waals surface area contributed by atoms with Crippen LogP contribution < -0.4 is 15.1 Å². The van der Waals surface area contributed by atoms with Crippen LogP contribution in [0.4, 0.5) is 0 Å². The Balaban J connectivity index is 1.74. The summed E-state index contributed by atoms with van der Waals surface area (Å²) in [5.74, 6) is 0.682. The monoisotopic (exact) mass is 481 g/mol. The summed E-state index contributed by atoms with van der Waals surface area (Å²) in [4.78, 5) is 4.42. The number of hydrogen-bond acceptors (Lipinski definition) is 3. The largest absolute Gasteiger partial charge is 0.474 e. The molecule has 0 atom stereocenters. The molecule has 30 heavy (non-hydrogen) atoms. The molecule has 2 aromatic carbocycles. The van der Waals surface area contributed by atoms with Gasteiger partial charge < -0.3 is 9.16 Å².